The summed E-state index contributed by atoms with van der Waals surface area (Å²) in [5.74, 6) is 2.61. The Morgan fingerprint density at radius 1 is 0.941 bits per heavy atom. The van der Waals surface area contributed by atoms with Crippen molar-refractivity contribution >= 4 is 28.9 Å². The molecule has 5 rings (SSSR count). The van der Waals surface area contributed by atoms with Gasteiger partial charge in [0, 0.05) is 38.3 Å². The number of carbonyl (C=O) groups is 1. The highest BCUT2D eigenvalue weighted by Gasteiger charge is 2.30. The van der Waals surface area contributed by atoms with Crippen molar-refractivity contribution in [1.82, 2.24) is 9.97 Å². The lowest BCUT2D eigenvalue weighted by atomic mass is 9.87. The van der Waals surface area contributed by atoms with Gasteiger partial charge in [0.2, 0.25) is 5.95 Å². The minimum atomic E-state index is 0.121. The summed E-state index contributed by atoms with van der Waals surface area (Å²) in [6.07, 6.45) is 1.33. The van der Waals surface area contributed by atoms with Crippen LogP contribution < -0.4 is 19.9 Å². The van der Waals surface area contributed by atoms with E-state index in [-0.39, 0.29) is 11.7 Å². The van der Waals surface area contributed by atoms with E-state index >= 15 is 0 Å². The normalized spacial score (nSPS) is 18.0. The maximum Gasteiger partial charge on any atom is 0.227 e. The molecule has 7 heteroatoms. The highest BCUT2D eigenvalue weighted by atomic mass is 16.5. The predicted octanol–water partition coefficient (Wildman–Crippen LogP) is 4.63. The lowest BCUT2D eigenvalue weighted by Gasteiger charge is -2.37. The van der Waals surface area contributed by atoms with Gasteiger partial charge >= 0.3 is 0 Å². The van der Waals surface area contributed by atoms with E-state index in [4.69, 9.17) is 14.7 Å². The molecular formula is C27H31N5O2. The zero-order chi connectivity index (χ0) is 23.7. The highest BCUT2D eigenvalue weighted by Crippen LogP contribution is 2.33. The van der Waals surface area contributed by atoms with Gasteiger partial charge in [-0.25, -0.2) is 4.98 Å². The molecule has 2 heterocycles. The number of hydrogen-bond donors (Lipinski definition) is 1. The van der Waals surface area contributed by atoms with Gasteiger partial charge in [-0.3, -0.25) is 4.79 Å². The Hall–Kier alpha value is -3.61. The van der Waals surface area contributed by atoms with Gasteiger partial charge < -0.3 is 19.9 Å². The van der Waals surface area contributed by atoms with Crippen molar-refractivity contribution in [2.75, 3.05) is 48.4 Å². The second-order valence-corrected chi connectivity index (χ2v) is 9.27. The van der Waals surface area contributed by atoms with Crippen LogP contribution in [0.2, 0.25) is 0 Å². The van der Waals surface area contributed by atoms with E-state index in [2.05, 4.69) is 47.2 Å². The maximum absolute atomic E-state index is 13.0. The molecular weight excluding hydrogens is 426 g/mol. The number of methoxy groups -OCH3 is 1. The Morgan fingerprint density at radius 3 is 2.38 bits per heavy atom. The number of Topliss-reactive ketones (excluding diaryl/α,β-unsaturated/α-hetero) is 1. The second-order valence-electron chi connectivity index (χ2n) is 9.27. The van der Waals surface area contributed by atoms with E-state index < -0.39 is 0 Å². The third kappa shape index (κ3) is 4.42. The van der Waals surface area contributed by atoms with Gasteiger partial charge in [0.05, 0.1) is 24.1 Å². The second kappa shape index (κ2) is 9.33. The molecule has 1 aliphatic heterocycles. The molecule has 1 aromatic heterocycles. The van der Waals surface area contributed by atoms with Crippen LogP contribution in [0, 0.1) is 12.8 Å². The van der Waals surface area contributed by atoms with Crippen LogP contribution in [0.25, 0.3) is 0 Å². The Morgan fingerprint density at radius 2 is 1.65 bits per heavy atom. The van der Waals surface area contributed by atoms with Crippen molar-refractivity contribution in [1.29, 1.82) is 0 Å². The number of nitrogens with one attached hydrogen (secondary N) is 1. The van der Waals surface area contributed by atoms with E-state index in [0.29, 0.717) is 23.8 Å². The zero-order valence-electron chi connectivity index (χ0n) is 20.0. The quantitative estimate of drug-likeness (QED) is 0.599. The van der Waals surface area contributed by atoms with Gasteiger partial charge in [0.25, 0.3) is 0 Å². The van der Waals surface area contributed by atoms with Crippen LogP contribution in [0.1, 0.15) is 35.0 Å². The molecule has 2 aromatic carbocycles. The minimum absolute atomic E-state index is 0.121. The Kier molecular flexibility index (Phi) is 6.09. The fourth-order valence-corrected chi connectivity index (χ4v) is 4.80. The van der Waals surface area contributed by atoms with Crippen LogP contribution in [0.3, 0.4) is 0 Å². The van der Waals surface area contributed by atoms with E-state index in [1.165, 1.54) is 5.56 Å². The molecule has 2 aliphatic rings. The van der Waals surface area contributed by atoms with Crippen molar-refractivity contribution < 1.29 is 9.53 Å². The molecule has 0 saturated carbocycles. The van der Waals surface area contributed by atoms with Crippen LogP contribution >= 0.6 is 0 Å². The molecule has 34 heavy (non-hydrogen) atoms. The van der Waals surface area contributed by atoms with E-state index in [0.717, 1.165) is 55.4 Å². The van der Waals surface area contributed by atoms with E-state index in [1.54, 1.807) is 7.11 Å². The van der Waals surface area contributed by atoms with Crippen molar-refractivity contribution in [3.05, 3.63) is 65.4 Å². The standard InChI is InChI=1S/C27H31N5O2/c1-18-8-10-20(11-9-18)28-26-25-21(16-19(2)17-23(25)33)29-27(30-26)32-14-12-31(13-15-32)22-6-4-5-7-24(22)34-3/h4-11,19H,12-17H2,1-3H3,(H,28,29,30). The Bertz CT molecular complexity index is 1190. The molecule has 1 atom stereocenters. The molecule has 7 nitrogen and oxygen atoms in total. The molecule has 1 N–H and O–H groups in total. The van der Waals surface area contributed by atoms with Crippen molar-refractivity contribution in [3.8, 4) is 5.75 Å². The molecule has 1 saturated heterocycles. The number of benzene rings is 2. The van der Waals surface area contributed by atoms with Crippen molar-refractivity contribution in [3.63, 3.8) is 0 Å². The van der Waals surface area contributed by atoms with Gasteiger partial charge in [-0.1, -0.05) is 36.8 Å². The van der Waals surface area contributed by atoms with E-state index in [1.807, 2.05) is 30.3 Å². The monoisotopic (exact) mass is 457 g/mol. The van der Waals surface area contributed by atoms with Gasteiger partial charge in [-0.15, -0.1) is 0 Å². The van der Waals surface area contributed by atoms with Gasteiger partial charge in [0.15, 0.2) is 5.78 Å². The van der Waals surface area contributed by atoms with Crippen LogP contribution in [0.4, 0.5) is 23.1 Å². The summed E-state index contributed by atoms with van der Waals surface area (Å²) in [6.45, 7) is 7.45. The topological polar surface area (TPSA) is 70.6 Å². The summed E-state index contributed by atoms with van der Waals surface area (Å²) in [5.41, 5.74) is 4.72. The summed E-state index contributed by atoms with van der Waals surface area (Å²) in [7, 11) is 1.71. The number of hydrogen-bond acceptors (Lipinski definition) is 7. The smallest absolute Gasteiger partial charge is 0.227 e. The number of nitrogens with zero attached hydrogens (tertiary/aromatic N) is 4. The fourth-order valence-electron chi connectivity index (χ4n) is 4.80. The summed E-state index contributed by atoms with van der Waals surface area (Å²) >= 11 is 0. The molecule has 1 fully saturated rings. The summed E-state index contributed by atoms with van der Waals surface area (Å²) < 4.78 is 5.55. The average molecular weight is 458 g/mol. The first-order valence-electron chi connectivity index (χ1n) is 11.9. The molecule has 0 bridgehead atoms. The molecule has 0 spiro atoms. The first kappa shape index (κ1) is 22.2. The lowest BCUT2D eigenvalue weighted by Crippen LogP contribution is -2.47. The Labute approximate surface area is 200 Å². The van der Waals surface area contributed by atoms with Crippen LogP contribution in [-0.2, 0) is 6.42 Å². The third-order valence-electron chi connectivity index (χ3n) is 6.63. The van der Waals surface area contributed by atoms with Crippen LogP contribution in [0.5, 0.6) is 5.75 Å². The number of para-hydroxylation sites is 2. The van der Waals surface area contributed by atoms with Gasteiger partial charge in [-0.05, 0) is 43.5 Å². The summed E-state index contributed by atoms with van der Waals surface area (Å²) in [5, 5.41) is 3.41. The number of piperazine rings is 1. The SMILES string of the molecule is COc1ccccc1N1CCN(c2nc3c(c(Nc4ccc(C)cc4)n2)C(=O)CC(C)C3)CC1. The molecule has 1 unspecified atom stereocenters. The average Bonchev–Trinajstić information content (AvgIpc) is 2.85. The number of fused-ring (bicyclic) bond motifs is 1. The molecule has 176 valence electrons. The number of rotatable bonds is 5. The first-order valence-corrected chi connectivity index (χ1v) is 11.9. The molecule has 1 aliphatic carbocycles. The number of ketones is 1. The zero-order valence-corrected chi connectivity index (χ0v) is 20.0. The predicted molar refractivity (Wildman–Crippen MR) is 136 cm³/mol. The van der Waals surface area contributed by atoms with Crippen LogP contribution in [-0.4, -0.2) is 49.0 Å². The first-order chi connectivity index (χ1) is 16.5. The van der Waals surface area contributed by atoms with Gasteiger partial charge in [-0.2, -0.15) is 4.98 Å². The van der Waals surface area contributed by atoms with E-state index in [9.17, 15) is 4.79 Å². The highest BCUT2D eigenvalue weighted by molar-refractivity contribution is 6.03. The number of aromatic nitrogens is 2. The van der Waals surface area contributed by atoms with Crippen LogP contribution in [0.15, 0.2) is 48.5 Å². The number of ether oxygens (including phenoxy) is 1. The third-order valence-corrected chi connectivity index (χ3v) is 6.63. The molecule has 0 amide bonds. The van der Waals surface area contributed by atoms with Gasteiger partial charge in [0.1, 0.15) is 11.6 Å². The van der Waals surface area contributed by atoms with Crippen molar-refractivity contribution in [2.24, 2.45) is 5.92 Å². The number of aryl methyl sites for hydroxylation is 1. The maximum atomic E-state index is 13.0. The summed E-state index contributed by atoms with van der Waals surface area (Å²) in [6, 6.07) is 16.3. The number of anilines is 4. The lowest BCUT2D eigenvalue weighted by molar-refractivity contribution is 0.0952. The molecule has 3 aromatic rings. The van der Waals surface area contributed by atoms with Crippen molar-refractivity contribution in [2.45, 2.75) is 26.7 Å². The largest absolute Gasteiger partial charge is 0.495 e. The molecule has 0 radical (unpaired) electrons. The summed E-state index contributed by atoms with van der Waals surface area (Å²) in [4.78, 5) is 27.3. The minimum Gasteiger partial charge on any atom is -0.495 e. The fraction of sp³-hybridized carbons (Fsp3) is 0.370. The Balaban J connectivity index is 1.42. The number of carbonyl (C=O) groups excluding carboxylic acids is 1.